The summed E-state index contributed by atoms with van der Waals surface area (Å²) in [6.45, 7) is 7.15. The zero-order chi connectivity index (χ0) is 17.1. The van der Waals surface area contributed by atoms with E-state index < -0.39 is 16.9 Å². The van der Waals surface area contributed by atoms with Gasteiger partial charge in [-0.05, 0) is 18.4 Å². The van der Waals surface area contributed by atoms with Crippen LogP contribution in [-0.2, 0) is 11.2 Å². The van der Waals surface area contributed by atoms with E-state index in [9.17, 15) is 20.0 Å². The number of rotatable bonds is 4. The Morgan fingerprint density at radius 1 is 1.45 bits per heavy atom. The summed E-state index contributed by atoms with van der Waals surface area (Å²) in [4.78, 5) is 24.6. The minimum atomic E-state index is -0.714. The van der Waals surface area contributed by atoms with E-state index in [-0.39, 0.29) is 11.5 Å². The first-order valence-electron chi connectivity index (χ1n) is 7.31. The molecule has 0 saturated carbocycles. The molecule has 120 valence electrons. The van der Waals surface area contributed by atoms with Crippen LogP contribution < -0.4 is 10.6 Å². The van der Waals surface area contributed by atoms with Crippen LogP contribution in [0.15, 0.2) is 10.9 Å². The number of nitriles is 1. The summed E-state index contributed by atoms with van der Waals surface area (Å²) < 4.78 is 0.849. The van der Waals surface area contributed by atoms with Crippen molar-refractivity contribution in [2.24, 2.45) is 5.41 Å². The number of nitrogens with zero attached hydrogens (tertiary/aromatic N) is 3. The Balaban J connectivity index is 3.43. The molecule has 6 nitrogen and oxygen atoms in total. The van der Waals surface area contributed by atoms with E-state index in [1.54, 1.807) is 20.8 Å². The fraction of sp³-hybridized carbons (Fsp3) is 0.562. The lowest BCUT2D eigenvalue weighted by atomic mass is 9.95. The average molecular weight is 305 g/mol. The molecule has 1 amide bonds. The molecule has 0 aliphatic rings. The maximum Gasteiger partial charge on any atom is 0.272 e. The quantitative estimate of drug-likeness (QED) is 0.920. The molecular weight excluding hydrogens is 282 g/mol. The highest BCUT2D eigenvalue weighted by atomic mass is 16.3. The van der Waals surface area contributed by atoms with E-state index in [0.717, 1.165) is 22.5 Å². The molecule has 1 aromatic heterocycles. The Morgan fingerprint density at radius 2 is 2.05 bits per heavy atom. The predicted molar refractivity (Wildman–Crippen MR) is 84.3 cm³/mol. The summed E-state index contributed by atoms with van der Waals surface area (Å²) in [7, 11) is 1.40. The minimum absolute atomic E-state index is 0.0432. The molecule has 0 fully saturated rings. The summed E-state index contributed by atoms with van der Waals surface area (Å²) in [6.07, 6.45) is 2.27. The van der Waals surface area contributed by atoms with Crippen LogP contribution in [0.4, 0.5) is 0 Å². The number of unbranched alkanes of at least 4 members (excludes halogenated alkanes) is 1. The van der Waals surface area contributed by atoms with E-state index in [1.807, 2.05) is 13.0 Å². The third-order valence-electron chi connectivity index (χ3n) is 3.40. The van der Waals surface area contributed by atoms with Crippen LogP contribution in [0.25, 0.3) is 0 Å². The Hall–Kier alpha value is -2.29. The molecule has 6 heteroatoms. The maximum absolute atomic E-state index is 12.3. The van der Waals surface area contributed by atoms with Crippen molar-refractivity contribution in [1.29, 1.82) is 5.26 Å². The van der Waals surface area contributed by atoms with Gasteiger partial charge in [-0.15, -0.1) is 0 Å². The monoisotopic (exact) mass is 305 g/mol. The Bertz CT molecular complexity index is 663. The van der Waals surface area contributed by atoms with Crippen molar-refractivity contribution in [3.8, 4) is 11.9 Å². The van der Waals surface area contributed by atoms with Crippen LogP contribution in [0.1, 0.15) is 51.7 Å². The van der Waals surface area contributed by atoms with Gasteiger partial charge in [0.05, 0.1) is 0 Å². The number of carbonyl (C=O) groups is 1. The molecule has 1 N–H and O–H groups in total. The van der Waals surface area contributed by atoms with Gasteiger partial charge in [-0.25, -0.2) is 5.01 Å². The predicted octanol–water partition coefficient (Wildman–Crippen LogP) is 1.91. The van der Waals surface area contributed by atoms with Gasteiger partial charge in [0.2, 0.25) is 11.8 Å². The van der Waals surface area contributed by atoms with Gasteiger partial charge in [-0.3, -0.25) is 9.59 Å². The lowest BCUT2D eigenvalue weighted by molar-refractivity contribution is -0.127. The fourth-order valence-electron chi connectivity index (χ4n) is 2.19. The smallest absolute Gasteiger partial charge is 0.272 e. The highest BCUT2D eigenvalue weighted by Gasteiger charge is 2.28. The van der Waals surface area contributed by atoms with Crippen molar-refractivity contribution in [2.75, 3.05) is 12.1 Å². The molecule has 22 heavy (non-hydrogen) atoms. The van der Waals surface area contributed by atoms with E-state index in [0.29, 0.717) is 12.0 Å². The summed E-state index contributed by atoms with van der Waals surface area (Å²) in [5.74, 6) is -0.823. The summed E-state index contributed by atoms with van der Waals surface area (Å²) in [6, 6.07) is 3.25. The van der Waals surface area contributed by atoms with Crippen LogP contribution in [0, 0.1) is 16.7 Å². The summed E-state index contributed by atoms with van der Waals surface area (Å²) in [5.41, 5.74) is -0.682. The van der Waals surface area contributed by atoms with E-state index in [2.05, 4.69) is 0 Å². The Morgan fingerprint density at radius 3 is 2.50 bits per heavy atom. The highest BCUT2D eigenvalue weighted by Crippen LogP contribution is 2.22. The number of aromatic nitrogens is 1. The number of aryl methyl sites for hydroxylation is 1. The van der Waals surface area contributed by atoms with Crippen LogP contribution in [0.2, 0.25) is 0 Å². The first-order valence-corrected chi connectivity index (χ1v) is 7.31. The molecule has 1 heterocycles. The van der Waals surface area contributed by atoms with Crippen LogP contribution in [-0.4, -0.2) is 22.7 Å². The largest absolute Gasteiger partial charge is 0.492 e. The first kappa shape index (κ1) is 17.8. The molecule has 0 bridgehead atoms. The van der Waals surface area contributed by atoms with Crippen molar-refractivity contribution in [3.05, 3.63) is 27.5 Å². The molecule has 0 saturated heterocycles. The number of pyridine rings is 1. The second-order valence-corrected chi connectivity index (χ2v) is 6.31. The normalized spacial score (nSPS) is 11.1. The van der Waals surface area contributed by atoms with Crippen LogP contribution in [0.5, 0.6) is 5.88 Å². The number of hydrogen-bond donors (Lipinski definition) is 1. The van der Waals surface area contributed by atoms with Crippen molar-refractivity contribution in [2.45, 2.75) is 47.0 Å². The van der Waals surface area contributed by atoms with Gasteiger partial charge in [0.15, 0.2) is 0 Å². The van der Waals surface area contributed by atoms with Crippen molar-refractivity contribution in [1.82, 2.24) is 4.68 Å². The van der Waals surface area contributed by atoms with Crippen molar-refractivity contribution in [3.63, 3.8) is 0 Å². The Kier molecular flexibility index (Phi) is 5.37. The topological polar surface area (TPSA) is 86.3 Å². The molecule has 0 aromatic carbocycles. The van der Waals surface area contributed by atoms with Gasteiger partial charge in [0.1, 0.15) is 11.6 Å². The third-order valence-corrected chi connectivity index (χ3v) is 3.40. The average Bonchev–Trinajstić information content (AvgIpc) is 2.42. The molecular formula is C16H23N3O3. The minimum Gasteiger partial charge on any atom is -0.492 e. The second-order valence-electron chi connectivity index (χ2n) is 6.31. The van der Waals surface area contributed by atoms with E-state index >= 15 is 0 Å². The molecule has 0 radical (unpaired) electrons. The van der Waals surface area contributed by atoms with Gasteiger partial charge in [0.25, 0.3) is 5.56 Å². The molecule has 1 rings (SSSR count). The van der Waals surface area contributed by atoms with E-state index in [4.69, 9.17) is 0 Å². The number of aromatic hydroxyl groups is 1. The molecule has 0 aliphatic carbocycles. The lowest BCUT2D eigenvalue weighted by Crippen LogP contribution is -2.48. The van der Waals surface area contributed by atoms with Crippen molar-refractivity contribution >= 4 is 5.91 Å². The zero-order valence-corrected chi connectivity index (χ0v) is 13.8. The number of hydrogen-bond acceptors (Lipinski definition) is 4. The summed E-state index contributed by atoms with van der Waals surface area (Å²) in [5, 5.41) is 20.6. The van der Waals surface area contributed by atoms with Crippen molar-refractivity contribution < 1.29 is 9.90 Å². The second kappa shape index (κ2) is 6.65. The number of amides is 1. The molecule has 0 aliphatic heterocycles. The zero-order valence-electron chi connectivity index (χ0n) is 13.8. The van der Waals surface area contributed by atoms with Gasteiger partial charge in [0, 0.05) is 18.5 Å². The van der Waals surface area contributed by atoms with Gasteiger partial charge in [-0.1, -0.05) is 34.1 Å². The van der Waals surface area contributed by atoms with Crippen LogP contribution >= 0.6 is 0 Å². The van der Waals surface area contributed by atoms with Gasteiger partial charge >= 0.3 is 0 Å². The number of carbonyl (C=O) groups excluding carboxylic acids is 1. The lowest BCUT2D eigenvalue weighted by Gasteiger charge is -2.28. The molecule has 0 unspecified atom stereocenters. The maximum atomic E-state index is 12.3. The van der Waals surface area contributed by atoms with E-state index in [1.165, 1.54) is 13.1 Å². The fourth-order valence-corrected chi connectivity index (χ4v) is 2.19. The Labute approximate surface area is 130 Å². The van der Waals surface area contributed by atoms with Crippen LogP contribution in [0.3, 0.4) is 0 Å². The molecule has 1 aromatic rings. The molecule has 0 spiro atoms. The first-order chi connectivity index (χ1) is 10.1. The molecule has 0 atom stereocenters. The van der Waals surface area contributed by atoms with Gasteiger partial charge < -0.3 is 5.11 Å². The third kappa shape index (κ3) is 3.48. The van der Waals surface area contributed by atoms with Gasteiger partial charge in [-0.2, -0.15) is 9.94 Å². The highest BCUT2D eigenvalue weighted by molar-refractivity contribution is 5.90. The standard InChI is InChI=1S/C16H23N3O3/c1-6-7-8-11-9-13(20)19(14(21)12(11)10-17)18(5)15(22)16(2,3)4/h9,21H,6-8H2,1-5H3. The SMILES string of the molecule is CCCCc1cc(=O)n(N(C)C(=O)C(C)(C)C)c(O)c1C#N. The summed E-state index contributed by atoms with van der Waals surface area (Å²) >= 11 is 0.